The number of hydrogen-bond donors (Lipinski definition) is 2. The summed E-state index contributed by atoms with van der Waals surface area (Å²) < 4.78 is 25.6. The zero-order chi connectivity index (χ0) is 10.4. The number of nitrogens with one attached hydrogen (secondary N) is 1. The molecule has 0 atom stereocenters. The van der Waals surface area contributed by atoms with Crippen molar-refractivity contribution in [1.82, 2.24) is 4.72 Å². The molecular weight excluding hydrogens is 202 g/mol. The van der Waals surface area contributed by atoms with Gasteiger partial charge in [0.1, 0.15) is 0 Å². The van der Waals surface area contributed by atoms with Gasteiger partial charge in [0.2, 0.25) is 10.0 Å². The lowest BCUT2D eigenvalue weighted by Crippen LogP contribution is -2.34. The lowest BCUT2D eigenvalue weighted by Gasteiger charge is -2.11. The summed E-state index contributed by atoms with van der Waals surface area (Å²) in [5.74, 6) is 0.143. The van der Waals surface area contributed by atoms with E-state index in [1.807, 2.05) is 0 Å². The van der Waals surface area contributed by atoms with Gasteiger partial charge in [-0.2, -0.15) is 0 Å². The van der Waals surface area contributed by atoms with E-state index in [4.69, 9.17) is 5.11 Å². The Balaban J connectivity index is 2.26. The van der Waals surface area contributed by atoms with Crippen LogP contribution in [0.4, 0.5) is 0 Å². The quantitative estimate of drug-likeness (QED) is 0.646. The topological polar surface area (TPSA) is 66.4 Å². The molecule has 0 aromatic rings. The standard InChI is InChI=1S/C9H19NO3S/c11-7-3-4-8-14(12,13)10-9-5-1-2-6-9/h9-11H,1-8H2. The lowest BCUT2D eigenvalue weighted by atomic mass is 10.3. The van der Waals surface area contributed by atoms with Crippen LogP contribution in [-0.2, 0) is 10.0 Å². The number of sulfonamides is 1. The molecule has 4 nitrogen and oxygen atoms in total. The summed E-state index contributed by atoms with van der Waals surface area (Å²) in [7, 11) is -3.10. The minimum Gasteiger partial charge on any atom is -0.396 e. The molecule has 2 N–H and O–H groups in total. The Morgan fingerprint density at radius 3 is 2.43 bits per heavy atom. The molecule has 1 aliphatic rings. The molecule has 0 amide bonds. The Kier molecular flexibility index (Phi) is 4.84. The molecule has 0 aromatic carbocycles. The minimum atomic E-state index is -3.10. The molecule has 1 saturated carbocycles. The summed E-state index contributed by atoms with van der Waals surface area (Å²) in [5.41, 5.74) is 0. The third-order valence-electron chi connectivity index (χ3n) is 2.52. The van der Waals surface area contributed by atoms with Crippen LogP contribution in [0.3, 0.4) is 0 Å². The van der Waals surface area contributed by atoms with Gasteiger partial charge in [-0.1, -0.05) is 12.8 Å². The predicted octanol–water partition coefficient (Wildman–Crippen LogP) is 0.621. The van der Waals surface area contributed by atoms with Crippen molar-refractivity contribution in [3.05, 3.63) is 0 Å². The van der Waals surface area contributed by atoms with Crippen LogP contribution in [0.5, 0.6) is 0 Å². The fraction of sp³-hybridized carbons (Fsp3) is 1.00. The molecule has 0 bridgehead atoms. The zero-order valence-electron chi connectivity index (χ0n) is 8.41. The van der Waals surface area contributed by atoms with Gasteiger partial charge in [0.25, 0.3) is 0 Å². The van der Waals surface area contributed by atoms with Crippen molar-refractivity contribution < 1.29 is 13.5 Å². The fourth-order valence-electron chi connectivity index (χ4n) is 1.76. The number of rotatable bonds is 6. The Hall–Kier alpha value is -0.130. The van der Waals surface area contributed by atoms with Crippen LogP contribution < -0.4 is 4.72 Å². The van der Waals surface area contributed by atoms with Crippen LogP contribution in [0.1, 0.15) is 38.5 Å². The van der Waals surface area contributed by atoms with Crippen molar-refractivity contribution in [3.63, 3.8) is 0 Å². The maximum absolute atomic E-state index is 11.5. The van der Waals surface area contributed by atoms with Crippen LogP contribution >= 0.6 is 0 Å². The summed E-state index contributed by atoms with van der Waals surface area (Å²) in [6.45, 7) is 0.0684. The predicted molar refractivity (Wildman–Crippen MR) is 55.5 cm³/mol. The van der Waals surface area contributed by atoms with Gasteiger partial charge in [-0.15, -0.1) is 0 Å². The van der Waals surface area contributed by atoms with Crippen LogP contribution in [0, 0.1) is 0 Å². The lowest BCUT2D eigenvalue weighted by molar-refractivity contribution is 0.287. The highest BCUT2D eigenvalue weighted by molar-refractivity contribution is 7.89. The summed E-state index contributed by atoms with van der Waals surface area (Å²) in [6.07, 6.45) is 5.30. The van der Waals surface area contributed by atoms with E-state index in [1.54, 1.807) is 0 Å². The van der Waals surface area contributed by atoms with E-state index in [-0.39, 0.29) is 18.4 Å². The number of aliphatic hydroxyl groups excluding tert-OH is 1. The van der Waals surface area contributed by atoms with Crippen LogP contribution in [0.25, 0.3) is 0 Å². The molecule has 14 heavy (non-hydrogen) atoms. The average Bonchev–Trinajstić information content (AvgIpc) is 2.56. The molecule has 0 unspecified atom stereocenters. The molecule has 84 valence electrons. The maximum Gasteiger partial charge on any atom is 0.211 e. The Labute approximate surface area is 85.8 Å². The number of aliphatic hydroxyl groups is 1. The van der Waals surface area contributed by atoms with Gasteiger partial charge < -0.3 is 5.11 Å². The first-order valence-corrected chi connectivity index (χ1v) is 6.90. The Morgan fingerprint density at radius 1 is 1.21 bits per heavy atom. The first-order valence-electron chi connectivity index (χ1n) is 5.25. The normalized spacial score (nSPS) is 18.9. The highest BCUT2D eigenvalue weighted by atomic mass is 32.2. The molecule has 0 spiro atoms. The van der Waals surface area contributed by atoms with E-state index >= 15 is 0 Å². The summed E-state index contributed by atoms with van der Waals surface area (Å²) in [4.78, 5) is 0. The van der Waals surface area contributed by atoms with Crippen molar-refractivity contribution in [2.24, 2.45) is 0 Å². The maximum atomic E-state index is 11.5. The second kappa shape index (κ2) is 5.68. The van der Waals surface area contributed by atoms with E-state index < -0.39 is 10.0 Å². The second-order valence-electron chi connectivity index (χ2n) is 3.85. The number of unbranched alkanes of at least 4 members (excludes halogenated alkanes) is 1. The molecule has 5 heteroatoms. The zero-order valence-corrected chi connectivity index (χ0v) is 9.22. The summed E-state index contributed by atoms with van der Waals surface area (Å²) >= 11 is 0. The molecule has 0 saturated heterocycles. The van der Waals surface area contributed by atoms with Gasteiger partial charge >= 0.3 is 0 Å². The highest BCUT2D eigenvalue weighted by Gasteiger charge is 2.20. The van der Waals surface area contributed by atoms with Crippen LogP contribution in [0.15, 0.2) is 0 Å². The molecule has 0 aliphatic heterocycles. The van der Waals surface area contributed by atoms with Crippen LogP contribution in [0.2, 0.25) is 0 Å². The second-order valence-corrected chi connectivity index (χ2v) is 5.72. The molecular formula is C9H19NO3S. The van der Waals surface area contributed by atoms with Gasteiger partial charge in [0, 0.05) is 12.6 Å². The molecule has 0 aromatic heterocycles. The molecule has 0 heterocycles. The van der Waals surface area contributed by atoms with E-state index in [9.17, 15) is 8.42 Å². The van der Waals surface area contributed by atoms with Gasteiger partial charge in [-0.3, -0.25) is 0 Å². The van der Waals surface area contributed by atoms with Crippen molar-refractivity contribution in [2.75, 3.05) is 12.4 Å². The van der Waals surface area contributed by atoms with E-state index in [1.165, 1.54) is 0 Å². The van der Waals surface area contributed by atoms with Crippen molar-refractivity contribution in [1.29, 1.82) is 0 Å². The van der Waals surface area contributed by atoms with Gasteiger partial charge in [0.15, 0.2) is 0 Å². The highest BCUT2D eigenvalue weighted by Crippen LogP contribution is 2.18. The average molecular weight is 221 g/mol. The summed E-state index contributed by atoms with van der Waals surface area (Å²) in [6, 6.07) is 0.161. The van der Waals surface area contributed by atoms with E-state index in [2.05, 4.69) is 4.72 Å². The summed E-state index contributed by atoms with van der Waals surface area (Å²) in [5, 5.41) is 8.53. The SMILES string of the molecule is O=S(=O)(CCCCO)NC1CCCC1. The third-order valence-corrected chi connectivity index (χ3v) is 4.04. The minimum absolute atomic E-state index is 0.0684. The Morgan fingerprint density at radius 2 is 1.86 bits per heavy atom. The third kappa shape index (κ3) is 4.39. The molecule has 1 fully saturated rings. The van der Waals surface area contributed by atoms with Crippen molar-refractivity contribution >= 4 is 10.0 Å². The van der Waals surface area contributed by atoms with E-state index in [0.29, 0.717) is 12.8 Å². The van der Waals surface area contributed by atoms with Crippen molar-refractivity contribution in [3.8, 4) is 0 Å². The fourth-order valence-corrected chi connectivity index (χ4v) is 3.21. The molecule has 1 rings (SSSR count). The molecule has 0 radical (unpaired) electrons. The van der Waals surface area contributed by atoms with Gasteiger partial charge in [-0.05, 0) is 25.7 Å². The van der Waals surface area contributed by atoms with Gasteiger partial charge in [-0.25, -0.2) is 13.1 Å². The Bertz CT molecular complexity index is 245. The smallest absolute Gasteiger partial charge is 0.211 e. The first kappa shape index (κ1) is 11.9. The van der Waals surface area contributed by atoms with E-state index in [0.717, 1.165) is 25.7 Å². The van der Waals surface area contributed by atoms with Crippen LogP contribution in [-0.4, -0.2) is 31.9 Å². The van der Waals surface area contributed by atoms with Gasteiger partial charge in [0.05, 0.1) is 5.75 Å². The monoisotopic (exact) mass is 221 g/mol. The van der Waals surface area contributed by atoms with Crippen molar-refractivity contribution in [2.45, 2.75) is 44.6 Å². The first-order chi connectivity index (χ1) is 6.64. The largest absolute Gasteiger partial charge is 0.396 e. The number of hydrogen-bond acceptors (Lipinski definition) is 3. The molecule has 1 aliphatic carbocycles.